The number of pyridine rings is 1. The lowest BCUT2D eigenvalue weighted by Crippen LogP contribution is -2.25. The van der Waals surface area contributed by atoms with Gasteiger partial charge in [-0.2, -0.15) is 5.26 Å². The van der Waals surface area contributed by atoms with Crippen molar-refractivity contribution in [3.05, 3.63) is 76.8 Å². The lowest BCUT2D eigenvalue weighted by Gasteiger charge is -2.16. The number of aromatic nitrogens is 3. The zero-order chi connectivity index (χ0) is 27.3. The van der Waals surface area contributed by atoms with E-state index in [-0.39, 0.29) is 15.9 Å². The molecule has 0 fully saturated rings. The first-order valence-electron chi connectivity index (χ1n) is 11.6. The van der Waals surface area contributed by atoms with Crippen molar-refractivity contribution in [1.82, 2.24) is 15.2 Å². The number of carbonyl (C=O) groups is 1. The Balaban J connectivity index is 1.47. The van der Waals surface area contributed by atoms with Crippen LogP contribution in [0.25, 0.3) is 11.3 Å². The Morgan fingerprint density at radius 2 is 1.76 bits per heavy atom. The molecular weight excluding hydrogens is 541 g/mol. The average Bonchev–Trinajstić information content (AvgIpc) is 3.31. The second kappa shape index (κ2) is 11.7. The molecule has 0 aliphatic carbocycles. The maximum atomic E-state index is 13.1. The Morgan fingerprint density at radius 3 is 2.37 bits per heavy atom. The first kappa shape index (κ1) is 27.3. The van der Waals surface area contributed by atoms with Crippen molar-refractivity contribution in [2.75, 3.05) is 10.0 Å². The van der Waals surface area contributed by atoms with Crippen LogP contribution in [0.5, 0.6) is 0 Å². The third-order valence-electron chi connectivity index (χ3n) is 5.43. The molecule has 4 aromatic rings. The van der Waals surface area contributed by atoms with Crippen LogP contribution in [0, 0.1) is 25.2 Å². The smallest absolute Gasteiger partial charge is 0.263 e. The molecule has 0 radical (unpaired) electrons. The second-order valence-corrected chi connectivity index (χ2v) is 12.3. The number of nitrogens with zero attached hydrogens (tertiary/aromatic N) is 4. The first-order chi connectivity index (χ1) is 18.2. The standard InChI is InChI=1S/C26H24N6O3S3/c1-4-23(37-25-19(15-27)9-14-22(29-25)18-7-5-16(2)6-8-18)24(33)28-20-10-12-21(13-11-20)38(34,35)32-26-31-30-17(3)36-26/h5-14,23H,4H2,1-3H3,(H,28,33)(H,31,32). The molecule has 0 bridgehead atoms. The van der Waals surface area contributed by atoms with Gasteiger partial charge >= 0.3 is 0 Å². The minimum absolute atomic E-state index is 0.0283. The van der Waals surface area contributed by atoms with Gasteiger partial charge in [0.15, 0.2) is 0 Å². The van der Waals surface area contributed by atoms with E-state index >= 15 is 0 Å². The molecule has 0 spiro atoms. The number of aryl methyl sites for hydroxylation is 2. The lowest BCUT2D eigenvalue weighted by molar-refractivity contribution is -0.115. The summed E-state index contributed by atoms with van der Waals surface area (Å²) in [5.41, 5.74) is 3.61. The summed E-state index contributed by atoms with van der Waals surface area (Å²) in [7, 11) is -3.84. The Morgan fingerprint density at radius 1 is 1.05 bits per heavy atom. The van der Waals surface area contributed by atoms with Crippen LogP contribution >= 0.6 is 23.1 Å². The number of nitrogens with one attached hydrogen (secondary N) is 2. The van der Waals surface area contributed by atoms with Crippen LogP contribution in [-0.2, 0) is 14.8 Å². The first-order valence-corrected chi connectivity index (χ1v) is 14.7. The van der Waals surface area contributed by atoms with E-state index in [0.717, 1.165) is 28.2 Å². The van der Waals surface area contributed by atoms with E-state index in [1.54, 1.807) is 19.1 Å². The average molecular weight is 565 g/mol. The fraction of sp³-hybridized carbons (Fsp3) is 0.192. The molecule has 9 nitrogen and oxygen atoms in total. The summed E-state index contributed by atoms with van der Waals surface area (Å²) in [6.07, 6.45) is 0.495. The highest BCUT2D eigenvalue weighted by Gasteiger charge is 2.22. The van der Waals surface area contributed by atoms with Crippen molar-refractivity contribution in [3.63, 3.8) is 0 Å². The Hall–Kier alpha value is -3.79. The van der Waals surface area contributed by atoms with E-state index in [2.05, 4.69) is 31.3 Å². The Kier molecular flexibility index (Phi) is 8.41. The molecule has 0 aliphatic heterocycles. The van der Waals surface area contributed by atoms with E-state index in [1.165, 1.54) is 36.0 Å². The van der Waals surface area contributed by atoms with Crippen LogP contribution in [0.4, 0.5) is 10.8 Å². The third-order valence-corrected chi connectivity index (χ3v) is 9.03. The minimum atomic E-state index is -3.84. The van der Waals surface area contributed by atoms with Gasteiger partial charge in [-0.3, -0.25) is 9.52 Å². The summed E-state index contributed by atoms with van der Waals surface area (Å²) < 4.78 is 27.6. The normalized spacial score (nSPS) is 11.9. The van der Waals surface area contributed by atoms with Crippen LogP contribution in [-0.4, -0.2) is 34.8 Å². The minimum Gasteiger partial charge on any atom is -0.325 e. The van der Waals surface area contributed by atoms with Gasteiger partial charge in [0.25, 0.3) is 10.0 Å². The molecule has 12 heteroatoms. The molecule has 2 heterocycles. The SMILES string of the molecule is CCC(Sc1nc(-c2ccc(C)cc2)ccc1C#N)C(=O)Nc1ccc(S(=O)(=O)Nc2nnc(C)s2)cc1. The molecule has 0 saturated carbocycles. The molecule has 2 N–H and O–H groups in total. The van der Waals surface area contributed by atoms with E-state index in [1.807, 2.05) is 38.1 Å². The second-order valence-electron chi connectivity index (χ2n) is 8.29. The topological polar surface area (TPSA) is 138 Å². The van der Waals surface area contributed by atoms with Gasteiger partial charge in [0, 0.05) is 11.3 Å². The summed E-state index contributed by atoms with van der Waals surface area (Å²) in [5.74, 6) is -0.276. The Labute approximate surface area is 229 Å². The quantitative estimate of drug-likeness (QED) is 0.258. The third kappa shape index (κ3) is 6.55. The van der Waals surface area contributed by atoms with Crippen molar-refractivity contribution >= 4 is 49.8 Å². The number of benzene rings is 2. The molecule has 194 valence electrons. The number of carbonyl (C=O) groups excluding carboxylic acids is 1. The van der Waals surface area contributed by atoms with Crippen molar-refractivity contribution < 1.29 is 13.2 Å². The predicted octanol–water partition coefficient (Wildman–Crippen LogP) is 5.40. The highest BCUT2D eigenvalue weighted by atomic mass is 32.2. The van der Waals surface area contributed by atoms with Gasteiger partial charge in [-0.15, -0.1) is 10.2 Å². The number of amides is 1. The molecule has 2 aromatic heterocycles. The number of anilines is 2. The fourth-order valence-corrected chi connectivity index (χ4v) is 6.23. The number of hydrogen-bond donors (Lipinski definition) is 2. The molecule has 1 amide bonds. The van der Waals surface area contributed by atoms with Crippen molar-refractivity contribution in [2.24, 2.45) is 0 Å². The molecule has 2 aromatic carbocycles. The molecule has 1 unspecified atom stereocenters. The van der Waals surface area contributed by atoms with Crippen LogP contribution < -0.4 is 10.0 Å². The molecule has 0 aliphatic rings. The van der Waals surface area contributed by atoms with Crippen LogP contribution in [0.1, 0.15) is 29.5 Å². The van der Waals surface area contributed by atoms with Gasteiger partial charge in [-0.05, 0) is 56.7 Å². The number of rotatable bonds is 9. The molecule has 38 heavy (non-hydrogen) atoms. The summed E-state index contributed by atoms with van der Waals surface area (Å²) in [6.45, 7) is 5.61. The van der Waals surface area contributed by atoms with Crippen LogP contribution in [0.2, 0.25) is 0 Å². The maximum Gasteiger partial charge on any atom is 0.263 e. The van der Waals surface area contributed by atoms with Gasteiger partial charge in [-0.1, -0.05) is 59.9 Å². The number of thioether (sulfide) groups is 1. The zero-order valence-electron chi connectivity index (χ0n) is 20.8. The fourth-order valence-electron chi connectivity index (χ4n) is 3.41. The molecule has 4 rings (SSSR count). The number of sulfonamides is 1. The van der Waals surface area contributed by atoms with Gasteiger partial charge in [0.2, 0.25) is 11.0 Å². The van der Waals surface area contributed by atoms with Crippen LogP contribution in [0.15, 0.2) is 70.6 Å². The van der Waals surface area contributed by atoms with E-state index in [0.29, 0.717) is 27.7 Å². The Bertz CT molecular complexity index is 1590. The van der Waals surface area contributed by atoms with Crippen molar-refractivity contribution in [3.8, 4) is 17.3 Å². The highest BCUT2D eigenvalue weighted by molar-refractivity contribution is 8.00. The van der Waals surface area contributed by atoms with Crippen molar-refractivity contribution in [1.29, 1.82) is 5.26 Å². The number of hydrogen-bond acceptors (Lipinski definition) is 9. The van der Waals surface area contributed by atoms with E-state index in [4.69, 9.17) is 0 Å². The molecular formula is C26H24N6O3S3. The molecule has 1 atom stereocenters. The summed E-state index contributed by atoms with van der Waals surface area (Å²) in [5, 5.41) is 20.8. The number of nitriles is 1. The largest absolute Gasteiger partial charge is 0.325 e. The van der Waals surface area contributed by atoms with Gasteiger partial charge in [0.1, 0.15) is 16.1 Å². The van der Waals surface area contributed by atoms with E-state index < -0.39 is 15.3 Å². The van der Waals surface area contributed by atoms with E-state index in [9.17, 15) is 18.5 Å². The highest BCUT2D eigenvalue weighted by Crippen LogP contribution is 2.30. The summed E-state index contributed by atoms with van der Waals surface area (Å²) in [4.78, 5) is 17.8. The van der Waals surface area contributed by atoms with Gasteiger partial charge in [0.05, 0.1) is 21.4 Å². The van der Waals surface area contributed by atoms with Crippen LogP contribution in [0.3, 0.4) is 0 Å². The molecule has 0 saturated heterocycles. The summed E-state index contributed by atoms with van der Waals surface area (Å²) >= 11 is 2.36. The maximum absolute atomic E-state index is 13.1. The monoisotopic (exact) mass is 564 g/mol. The lowest BCUT2D eigenvalue weighted by atomic mass is 10.1. The van der Waals surface area contributed by atoms with Gasteiger partial charge in [-0.25, -0.2) is 13.4 Å². The van der Waals surface area contributed by atoms with Crippen molar-refractivity contribution in [2.45, 2.75) is 42.4 Å². The predicted molar refractivity (Wildman–Crippen MR) is 150 cm³/mol. The summed E-state index contributed by atoms with van der Waals surface area (Å²) in [6, 6.07) is 19.4. The van der Waals surface area contributed by atoms with Gasteiger partial charge < -0.3 is 5.32 Å². The zero-order valence-corrected chi connectivity index (χ0v) is 23.2.